The predicted molar refractivity (Wildman–Crippen MR) is 77.2 cm³/mol. The zero-order valence-corrected chi connectivity index (χ0v) is 11.1. The molecule has 2 aromatic carbocycles. The molecule has 1 aliphatic rings. The Morgan fingerprint density at radius 1 is 1.15 bits per heavy atom. The van der Waals surface area contributed by atoms with Gasteiger partial charge in [0, 0.05) is 5.39 Å². The average Bonchev–Trinajstić information content (AvgIpc) is 2.52. The van der Waals surface area contributed by atoms with E-state index in [2.05, 4.69) is 5.43 Å². The molecule has 1 atom stereocenters. The standard InChI is InChI=1S/C16H17FN2O/c17-14-9-8-13(11-5-1-2-6-12(11)14)16(19-18)15-7-3-4-10-20-15/h1-2,5-9,16,19H,3-4,10,18H2. The van der Waals surface area contributed by atoms with Crippen molar-refractivity contribution in [3.63, 3.8) is 0 Å². The van der Waals surface area contributed by atoms with Gasteiger partial charge in [-0.15, -0.1) is 0 Å². The Labute approximate surface area is 117 Å². The van der Waals surface area contributed by atoms with E-state index in [4.69, 9.17) is 10.6 Å². The fourth-order valence-electron chi connectivity index (χ4n) is 2.64. The fraction of sp³-hybridized carbons (Fsp3) is 0.250. The van der Waals surface area contributed by atoms with E-state index in [0.29, 0.717) is 12.0 Å². The molecule has 3 rings (SSSR count). The van der Waals surface area contributed by atoms with Crippen LogP contribution in [0.5, 0.6) is 0 Å². The molecule has 3 N–H and O–H groups in total. The normalized spacial score (nSPS) is 16.6. The number of hydrazine groups is 1. The van der Waals surface area contributed by atoms with Crippen LogP contribution in [0.4, 0.5) is 4.39 Å². The van der Waals surface area contributed by atoms with E-state index in [9.17, 15) is 4.39 Å². The van der Waals surface area contributed by atoms with Gasteiger partial charge in [0.2, 0.25) is 0 Å². The third-order valence-corrected chi connectivity index (χ3v) is 3.63. The van der Waals surface area contributed by atoms with E-state index >= 15 is 0 Å². The van der Waals surface area contributed by atoms with Crippen molar-refractivity contribution in [2.45, 2.75) is 18.9 Å². The maximum Gasteiger partial charge on any atom is 0.131 e. The van der Waals surface area contributed by atoms with Crippen LogP contribution in [0.25, 0.3) is 10.8 Å². The summed E-state index contributed by atoms with van der Waals surface area (Å²) in [5.41, 5.74) is 3.71. The maximum atomic E-state index is 13.9. The highest BCUT2D eigenvalue weighted by atomic mass is 19.1. The zero-order valence-electron chi connectivity index (χ0n) is 11.1. The minimum atomic E-state index is -0.249. The Hall–Kier alpha value is -1.91. The second kappa shape index (κ2) is 5.61. The molecule has 0 saturated carbocycles. The third kappa shape index (κ3) is 2.28. The Morgan fingerprint density at radius 2 is 1.95 bits per heavy atom. The second-order valence-electron chi connectivity index (χ2n) is 4.88. The summed E-state index contributed by atoms with van der Waals surface area (Å²) in [6, 6.07) is 10.4. The lowest BCUT2D eigenvalue weighted by Gasteiger charge is -2.24. The van der Waals surface area contributed by atoms with Crippen molar-refractivity contribution in [2.24, 2.45) is 5.84 Å². The number of allylic oxidation sites excluding steroid dienone is 1. The quantitative estimate of drug-likeness (QED) is 0.666. The molecule has 0 spiro atoms. The molecule has 4 heteroatoms. The molecule has 2 aromatic rings. The Kier molecular flexibility index (Phi) is 3.67. The molecule has 1 unspecified atom stereocenters. The molecule has 0 fully saturated rings. The number of nitrogens with two attached hydrogens (primary N) is 1. The molecule has 0 aliphatic carbocycles. The summed E-state index contributed by atoms with van der Waals surface area (Å²) in [7, 11) is 0. The van der Waals surface area contributed by atoms with E-state index in [-0.39, 0.29) is 11.9 Å². The van der Waals surface area contributed by atoms with E-state index in [1.165, 1.54) is 6.07 Å². The van der Waals surface area contributed by atoms with Crippen LogP contribution in [0, 0.1) is 5.82 Å². The van der Waals surface area contributed by atoms with Gasteiger partial charge < -0.3 is 4.74 Å². The van der Waals surface area contributed by atoms with Crippen LogP contribution in [-0.4, -0.2) is 6.61 Å². The predicted octanol–water partition coefficient (Wildman–Crippen LogP) is 3.18. The molecule has 104 valence electrons. The summed E-state index contributed by atoms with van der Waals surface area (Å²) in [5.74, 6) is 6.29. The summed E-state index contributed by atoms with van der Waals surface area (Å²) in [4.78, 5) is 0. The van der Waals surface area contributed by atoms with Gasteiger partial charge in [-0.3, -0.25) is 5.84 Å². The molecule has 0 saturated heterocycles. The number of rotatable bonds is 3. The van der Waals surface area contributed by atoms with Crippen molar-refractivity contribution >= 4 is 10.8 Å². The van der Waals surface area contributed by atoms with Crippen LogP contribution in [0.3, 0.4) is 0 Å². The lowest BCUT2D eigenvalue weighted by Crippen LogP contribution is -2.31. The largest absolute Gasteiger partial charge is 0.496 e. The molecule has 0 aromatic heterocycles. The highest BCUT2D eigenvalue weighted by Gasteiger charge is 2.21. The monoisotopic (exact) mass is 272 g/mol. The van der Waals surface area contributed by atoms with E-state index in [0.717, 1.165) is 29.6 Å². The Balaban J connectivity index is 2.12. The van der Waals surface area contributed by atoms with Crippen molar-refractivity contribution in [1.29, 1.82) is 0 Å². The van der Waals surface area contributed by atoms with E-state index in [1.807, 2.05) is 24.3 Å². The van der Waals surface area contributed by atoms with Crippen molar-refractivity contribution in [3.05, 3.63) is 59.6 Å². The first-order valence-electron chi connectivity index (χ1n) is 6.77. The number of halogens is 1. The number of fused-ring (bicyclic) bond motifs is 1. The van der Waals surface area contributed by atoms with Gasteiger partial charge >= 0.3 is 0 Å². The Morgan fingerprint density at radius 3 is 2.65 bits per heavy atom. The molecule has 3 nitrogen and oxygen atoms in total. The Bertz CT molecular complexity index is 654. The van der Waals surface area contributed by atoms with Gasteiger partial charge in [-0.05, 0) is 35.9 Å². The van der Waals surface area contributed by atoms with Crippen LogP contribution in [-0.2, 0) is 4.74 Å². The van der Waals surface area contributed by atoms with Crippen LogP contribution < -0.4 is 11.3 Å². The molecule has 0 bridgehead atoms. The lowest BCUT2D eigenvalue weighted by molar-refractivity contribution is 0.168. The molecular weight excluding hydrogens is 255 g/mol. The van der Waals surface area contributed by atoms with Crippen LogP contribution in [0.15, 0.2) is 48.2 Å². The van der Waals surface area contributed by atoms with Gasteiger partial charge in [0.05, 0.1) is 6.61 Å². The van der Waals surface area contributed by atoms with Crippen LogP contribution >= 0.6 is 0 Å². The van der Waals surface area contributed by atoms with Gasteiger partial charge in [-0.2, -0.15) is 0 Å². The van der Waals surface area contributed by atoms with Gasteiger partial charge in [0.15, 0.2) is 0 Å². The summed E-state index contributed by atoms with van der Waals surface area (Å²) in [6.45, 7) is 0.698. The first kappa shape index (κ1) is 13.1. The molecular formula is C16H17FN2O. The smallest absolute Gasteiger partial charge is 0.131 e. The van der Waals surface area contributed by atoms with Crippen LogP contribution in [0.1, 0.15) is 24.4 Å². The third-order valence-electron chi connectivity index (χ3n) is 3.63. The number of nitrogens with one attached hydrogen (secondary N) is 1. The van der Waals surface area contributed by atoms with Crippen molar-refractivity contribution in [3.8, 4) is 0 Å². The number of hydrogen-bond acceptors (Lipinski definition) is 3. The van der Waals surface area contributed by atoms with Gasteiger partial charge in [-0.1, -0.05) is 30.3 Å². The molecule has 1 heterocycles. The van der Waals surface area contributed by atoms with Crippen molar-refractivity contribution in [1.82, 2.24) is 5.43 Å². The van der Waals surface area contributed by atoms with Crippen molar-refractivity contribution < 1.29 is 9.13 Å². The van der Waals surface area contributed by atoms with Gasteiger partial charge in [0.1, 0.15) is 17.6 Å². The molecule has 0 radical (unpaired) electrons. The summed E-state index contributed by atoms with van der Waals surface area (Å²) in [5, 5.41) is 1.45. The number of hydrogen-bond donors (Lipinski definition) is 2. The maximum absolute atomic E-state index is 13.9. The number of ether oxygens (including phenoxy) is 1. The second-order valence-corrected chi connectivity index (χ2v) is 4.88. The first-order valence-corrected chi connectivity index (χ1v) is 6.77. The fourth-order valence-corrected chi connectivity index (χ4v) is 2.64. The number of benzene rings is 2. The minimum absolute atomic E-state index is 0.223. The van der Waals surface area contributed by atoms with Gasteiger partial charge in [-0.25, -0.2) is 9.82 Å². The molecule has 1 aliphatic heterocycles. The molecule has 20 heavy (non-hydrogen) atoms. The lowest BCUT2D eigenvalue weighted by atomic mass is 9.96. The SMILES string of the molecule is NNC(C1=CCCCO1)c1ccc(F)c2ccccc12. The van der Waals surface area contributed by atoms with E-state index in [1.54, 1.807) is 12.1 Å². The van der Waals surface area contributed by atoms with E-state index < -0.39 is 0 Å². The van der Waals surface area contributed by atoms with Gasteiger partial charge in [0.25, 0.3) is 0 Å². The van der Waals surface area contributed by atoms with Crippen LogP contribution in [0.2, 0.25) is 0 Å². The van der Waals surface area contributed by atoms with Crippen molar-refractivity contribution in [2.75, 3.05) is 6.61 Å². The first-order chi connectivity index (χ1) is 9.81. The zero-order chi connectivity index (χ0) is 13.9. The highest BCUT2D eigenvalue weighted by molar-refractivity contribution is 5.87. The highest BCUT2D eigenvalue weighted by Crippen LogP contribution is 2.31. The summed E-state index contributed by atoms with van der Waals surface area (Å²) < 4.78 is 19.6. The summed E-state index contributed by atoms with van der Waals surface area (Å²) >= 11 is 0. The summed E-state index contributed by atoms with van der Waals surface area (Å²) in [6.07, 6.45) is 4.05. The molecule has 0 amide bonds. The topological polar surface area (TPSA) is 47.3 Å². The average molecular weight is 272 g/mol. The minimum Gasteiger partial charge on any atom is -0.496 e.